The molecule has 0 saturated carbocycles. The third-order valence-electron chi connectivity index (χ3n) is 2.49. The summed E-state index contributed by atoms with van der Waals surface area (Å²) in [5.74, 6) is -3.46. The minimum absolute atomic E-state index is 0.116. The fraction of sp³-hybridized carbons (Fsp3) is 0.0909. The van der Waals surface area contributed by atoms with Gasteiger partial charge in [-0.05, 0) is 36.7 Å². The molecule has 2 N–H and O–H groups in total. The van der Waals surface area contributed by atoms with Crippen LogP contribution >= 0.6 is 11.5 Å². The number of carboxylic acid groups (broad SMARTS) is 1. The van der Waals surface area contributed by atoms with Crippen molar-refractivity contribution in [3.05, 3.63) is 41.1 Å². The summed E-state index contributed by atoms with van der Waals surface area (Å²) >= 11 is 0.599. The Morgan fingerprint density at radius 1 is 1.38 bits per heavy atom. The summed E-state index contributed by atoms with van der Waals surface area (Å²) in [4.78, 5) is 10.1. The van der Waals surface area contributed by atoms with Crippen LogP contribution in [0.3, 0.4) is 0 Å². The lowest BCUT2D eigenvalue weighted by molar-refractivity contribution is 0.0697. The number of halogens is 2. The fourth-order valence-electron chi connectivity index (χ4n) is 1.55. The van der Waals surface area contributed by atoms with Crippen LogP contribution in [0.4, 0.5) is 13.8 Å². The number of aromatic nitrogens is 1. The van der Waals surface area contributed by atoms with E-state index >= 15 is 0 Å². The molecule has 0 radical (unpaired) electrons. The average molecular weight is 334 g/mol. The number of benzene rings is 1. The highest BCUT2D eigenvalue weighted by Gasteiger charge is 2.25. The number of aryl methyl sites for hydroxylation is 1. The monoisotopic (exact) mass is 334 g/mol. The number of aromatic carboxylic acids is 1. The molecule has 21 heavy (non-hydrogen) atoms. The zero-order valence-corrected chi connectivity index (χ0v) is 12.1. The van der Waals surface area contributed by atoms with Crippen molar-refractivity contribution in [3.63, 3.8) is 0 Å². The number of carboxylic acids is 1. The molecule has 0 bridgehead atoms. The number of hydrogen-bond acceptors (Lipinski definition) is 5. The molecule has 0 atom stereocenters. The van der Waals surface area contributed by atoms with Gasteiger partial charge in [-0.2, -0.15) is 4.37 Å². The summed E-state index contributed by atoms with van der Waals surface area (Å²) in [6.45, 7) is 1.39. The number of hydrogen-bond donors (Lipinski definition) is 2. The van der Waals surface area contributed by atoms with Crippen molar-refractivity contribution in [2.75, 3.05) is 4.72 Å². The minimum atomic E-state index is -4.47. The molecule has 0 amide bonds. The van der Waals surface area contributed by atoms with Crippen molar-refractivity contribution >= 4 is 32.5 Å². The molecule has 0 fully saturated rings. The number of rotatable bonds is 4. The van der Waals surface area contributed by atoms with Gasteiger partial charge in [0.25, 0.3) is 10.0 Å². The smallest absolute Gasteiger partial charge is 0.340 e. The maximum Gasteiger partial charge on any atom is 0.340 e. The molecule has 0 aliphatic rings. The highest BCUT2D eigenvalue weighted by Crippen LogP contribution is 2.28. The zero-order chi connectivity index (χ0) is 15.8. The van der Waals surface area contributed by atoms with Gasteiger partial charge in [0.1, 0.15) is 27.1 Å². The molecule has 1 heterocycles. The van der Waals surface area contributed by atoms with Gasteiger partial charge in [-0.3, -0.25) is 4.72 Å². The summed E-state index contributed by atoms with van der Waals surface area (Å²) in [5, 5.41) is 8.72. The van der Waals surface area contributed by atoms with E-state index in [2.05, 4.69) is 4.37 Å². The van der Waals surface area contributed by atoms with Gasteiger partial charge in [-0.25, -0.2) is 22.0 Å². The Morgan fingerprint density at radius 3 is 2.67 bits per heavy atom. The standard InChI is InChI=1S/C11H8F2N2O4S2/c1-5-9(11(16)17)10(20-14-5)15-21(18,19)8-4-6(12)2-3-7(8)13/h2-4,15H,1H3,(H,16,17). The lowest BCUT2D eigenvalue weighted by Crippen LogP contribution is -2.16. The molecule has 2 rings (SSSR count). The van der Waals surface area contributed by atoms with Crippen molar-refractivity contribution in [1.82, 2.24) is 4.37 Å². The largest absolute Gasteiger partial charge is 0.478 e. The van der Waals surface area contributed by atoms with Crippen LogP contribution in [0.5, 0.6) is 0 Å². The van der Waals surface area contributed by atoms with Crippen LogP contribution in [-0.4, -0.2) is 23.9 Å². The third-order valence-corrected chi connectivity index (χ3v) is 4.83. The summed E-state index contributed by atoms with van der Waals surface area (Å²) < 4.78 is 56.3. The molecule has 112 valence electrons. The molecule has 2 aromatic rings. The van der Waals surface area contributed by atoms with Gasteiger partial charge in [0.05, 0.1) is 5.69 Å². The van der Waals surface area contributed by atoms with Gasteiger partial charge in [-0.15, -0.1) is 0 Å². The lowest BCUT2D eigenvalue weighted by Gasteiger charge is -2.07. The van der Waals surface area contributed by atoms with Crippen LogP contribution in [-0.2, 0) is 10.0 Å². The summed E-state index contributed by atoms with van der Waals surface area (Å²) in [5.41, 5.74) is -0.217. The molecule has 0 unspecified atom stereocenters. The first-order valence-electron chi connectivity index (χ1n) is 5.40. The normalized spacial score (nSPS) is 11.4. The quantitative estimate of drug-likeness (QED) is 0.894. The molecule has 0 spiro atoms. The Kier molecular flexibility index (Phi) is 3.92. The average Bonchev–Trinajstić information content (AvgIpc) is 2.72. The maximum atomic E-state index is 13.5. The van der Waals surface area contributed by atoms with Gasteiger partial charge in [0.15, 0.2) is 0 Å². The molecule has 10 heteroatoms. The second-order valence-electron chi connectivity index (χ2n) is 3.96. The van der Waals surface area contributed by atoms with Crippen LogP contribution in [0.25, 0.3) is 0 Å². The minimum Gasteiger partial charge on any atom is -0.478 e. The van der Waals surface area contributed by atoms with Gasteiger partial charge in [-0.1, -0.05) is 0 Å². The third kappa shape index (κ3) is 3.00. The van der Waals surface area contributed by atoms with Crippen molar-refractivity contribution in [2.24, 2.45) is 0 Å². The van der Waals surface area contributed by atoms with Crippen molar-refractivity contribution in [3.8, 4) is 0 Å². The Hall–Kier alpha value is -2.07. The van der Waals surface area contributed by atoms with Gasteiger partial charge >= 0.3 is 5.97 Å². The van der Waals surface area contributed by atoms with E-state index in [9.17, 15) is 22.0 Å². The fourth-order valence-corrected chi connectivity index (χ4v) is 3.72. The first-order valence-corrected chi connectivity index (χ1v) is 7.65. The SMILES string of the molecule is Cc1nsc(NS(=O)(=O)c2cc(F)ccc2F)c1C(=O)O. The number of nitrogens with zero attached hydrogens (tertiary/aromatic N) is 1. The Morgan fingerprint density at radius 2 is 2.05 bits per heavy atom. The highest BCUT2D eigenvalue weighted by atomic mass is 32.2. The molecular weight excluding hydrogens is 326 g/mol. The summed E-state index contributed by atoms with van der Waals surface area (Å²) in [7, 11) is -4.47. The second-order valence-corrected chi connectivity index (χ2v) is 6.38. The summed E-state index contributed by atoms with van der Waals surface area (Å²) in [6, 6.07) is 1.94. The van der Waals surface area contributed by atoms with Gasteiger partial charge in [0, 0.05) is 0 Å². The lowest BCUT2D eigenvalue weighted by atomic mass is 10.2. The van der Waals surface area contributed by atoms with Crippen molar-refractivity contribution in [2.45, 2.75) is 11.8 Å². The number of sulfonamides is 1. The van der Waals surface area contributed by atoms with Crippen LogP contribution in [0.1, 0.15) is 16.1 Å². The van der Waals surface area contributed by atoms with Crippen LogP contribution < -0.4 is 4.72 Å². The molecule has 1 aromatic heterocycles. The van der Waals surface area contributed by atoms with Crippen LogP contribution in [0.2, 0.25) is 0 Å². The molecule has 0 aliphatic heterocycles. The number of carbonyl (C=O) groups is 1. The summed E-state index contributed by atoms with van der Waals surface area (Å²) in [6.07, 6.45) is 0. The van der Waals surface area contributed by atoms with E-state index in [1.807, 2.05) is 4.72 Å². The van der Waals surface area contributed by atoms with Crippen molar-refractivity contribution in [1.29, 1.82) is 0 Å². The van der Waals surface area contributed by atoms with Crippen molar-refractivity contribution < 1.29 is 27.1 Å². The van der Waals surface area contributed by atoms with Gasteiger partial charge in [0.2, 0.25) is 0 Å². The predicted molar refractivity (Wildman–Crippen MR) is 71.0 cm³/mol. The molecule has 1 aromatic carbocycles. The van der Waals surface area contributed by atoms with E-state index in [0.717, 1.165) is 6.07 Å². The Bertz CT molecular complexity index is 818. The number of anilines is 1. The highest BCUT2D eigenvalue weighted by molar-refractivity contribution is 7.93. The predicted octanol–water partition coefficient (Wildman–Crippen LogP) is 2.23. The van der Waals surface area contributed by atoms with E-state index in [-0.39, 0.29) is 16.3 Å². The first-order chi connectivity index (χ1) is 9.72. The van der Waals surface area contributed by atoms with E-state index in [4.69, 9.17) is 5.11 Å². The molecule has 6 nitrogen and oxygen atoms in total. The molecule has 0 aliphatic carbocycles. The topological polar surface area (TPSA) is 96.4 Å². The van der Waals surface area contributed by atoms with Gasteiger partial charge < -0.3 is 5.11 Å². The number of nitrogens with one attached hydrogen (secondary N) is 1. The van der Waals surface area contributed by atoms with E-state index in [1.54, 1.807) is 0 Å². The zero-order valence-electron chi connectivity index (χ0n) is 10.4. The van der Waals surface area contributed by atoms with E-state index in [0.29, 0.717) is 23.7 Å². The van der Waals surface area contributed by atoms with E-state index < -0.39 is 32.5 Å². The molecular formula is C11H8F2N2O4S2. The molecule has 0 saturated heterocycles. The Labute approximate surface area is 122 Å². The second kappa shape index (κ2) is 5.37. The Balaban J connectivity index is 2.48. The maximum absolute atomic E-state index is 13.5. The van der Waals surface area contributed by atoms with Crippen LogP contribution in [0, 0.1) is 18.6 Å². The first kappa shape index (κ1) is 15.3. The van der Waals surface area contributed by atoms with Crippen LogP contribution in [0.15, 0.2) is 23.1 Å². The van der Waals surface area contributed by atoms with E-state index in [1.165, 1.54) is 6.92 Å².